The smallest absolute Gasteiger partial charge is 0.0794 e. The number of rotatable bonds is 2. The Morgan fingerprint density at radius 1 is 1.40 bits per heavy atom. The molecule has 3 rings (SSSR count). The topological polar surface area (TPSA) is 24.9 Å². The molecule has 1 aromatic heterocycles. The lowest BCUT2D eigenvalue weighted by atomic mass is 10.1. The van der Waals surface area contributed by atoms with Gasteiger partial charge in [-0.05, 0) is 18.1 Å². The number of thiazole rings is 1. The van der Waals surface area contributed by atoms with Crippen LogP contribution in [0.5, 0.6) is 0 Å². The Morgan fingerprint density at radius 3 is 3.13 bits per heavy atom. The summed E-state index contributed by atoms with van der Waals surface area (Å²) in [6.45, 7) is 0. The van der Waals surface area contributed by atoms with Gasteiger partial charge in [0.2, 0.25) is 0 Å². The molecule has 2 heterocycles. The fourth-order valence-electron chi connectivity index (χ4n) is 2.08. The van der Waals surface area contributed by atoms with Crippen molar-refractivity contribution in [2.24, 2.45) is 0 Å². The van der Waals surface area contributed by atoms with E-state index in [2.05, 4.69) is 34.6 Å². The lowest BCUT2D eigenvalue weighted by Gasteiger charge is -2.08. The predicted octanol–water partition coefficient (Wildman–Crippen LogP) is 2.72. The molecule has 1 atom stereocenters. The zero-order chi connectivity index (χ0) is 10.1. The first-order chi connectivity index (χ1) is 7.42. The second-order valence-electron chi connectivity index (χ2n) is 3.87. The summed E-state index contributed by atoms with van der Waals surface area (Å²) in [7, 11) is 0. The highest BCUT2D eigenvalue weighted by molar-refractivity contribution is 7.09. The van der Waals surface area contributed by atoms with Crippen molar-refractivity contribution in [2.75, 3.05) is 5.32 Å². The van der Waals surface area contributed by atoms with Gasteiger partial charge in [0.15, 0.2) is 0 Å². The van der Waals surface area contributed by atoms with E-state index in [1.165, 1.54) is 16.1 Å². The van der Waals surface area contributed by atoms with Crippen LogP contribution in [0.25, 0.3) is 0 Å². The number of fused-ring (bicyclic) bond motifs is 1. The molecule has 1 aliphatic rings. The average Bonchev–Trinajstić information content (AvgIpc) is 2.86. The molecule has 0 saturated carbocycles. The molecule has 0 spiro atoms. The van der Waals surface area contributed by atoms with Crippen molar-refractivity contribution in [1.29, 1.82) is 0 Å². The molecule has 1 aliphatic heterocycles. The van der Waals surface area contributed by atoms with Crippen molar-refractivity contribution in [3.05, 3.63) is 46.4 Å². The summed E-state index contributed by atoms with van der Waals surface area (Å²) in [6.07, 6.45) is 4.18. The van der Waals surface area contributed by atoms with Gasteiger partial charge in [-0.2, -0.15) is 0 Å². The van der Waals surface area contributed by atoms with E-state index >= 15 is 0 Å². The molecule has 76 valence electrons. The minimum atomic E-state index is 0.544. The number of aromatic nitrogens is 1. The highest BCUT2D eigenvalue weighted by Gasteiger charge is 2.20. The number of hydrogen-bond donors (Lipinski definition) is 1. The summed E-state index contributed by atoms with van der Waals surface area (Å²) < 4.78 is 0. The molecule has 1 unspecified atom stereocenters. The molecule has 3 heteroatoms. The number of anilines is 1. The SMILES string of the molecule is c1ccc2c(c1)CC(Cc1cncs1)N2. The van der Waals surface area contributed by atoms with Gasteiger partial charge in [-0.1, -0.05) is 18.2 Å². The molecule has 0 amide bonds. The van der Waals surface area contributed by atoms with Crippen LogP contribution in [0.3, 0.4) is 0 Å². The molecule has 0 fully saturated rings. The fraction of sp³-hybridized carbons (Fsp3) is 0.250. The van der Waals surface area contributed by atoms with E-state index < -0.39 is 0 Å². The van der Waals surface area contributed by atoms with Crippen LogP contribution >= 0.6 is 11.3 Å². The van der Waals surface area contributed by atoms with Crippen LogP contribution in [-0.4, -0.2) is 11.0 Å². The van der Waals surface area contributed by atoms with Gasteiger partial charge in [0.05, 0.1) is 5.51 Å². The van der Waals surface area contributed by atoms with Crippen molar-refractivity contribution < 1.29 is 0 Å². The van der Waals surface area contributed by atoms with E-state index in [1.54, 1.807) is 11.3 Å². The van der Waals surface area contributed by atoms with Crippen molar-refractivity contribution in [1.82, 2.24) is 4.98 Å². The van der Waals surface area contributed by atoms with Gasteiger partial charge in [0.25, 0.3) is 0 Å². The van der Waals surface area contributed by atoms with Crippen LogP contribution in [0.4, 0.5) is 5.69 Å². The molecule has 2 aromatic rings. The summed E-state index contributed by atoms with van der Waals surface area (Å²) in [5.41, 5.74) is 4.64. The largest absolute Gasteiger partial charge is 0.381 e. The minimum Gasteiger partial charge on any atom is -0.381 e. The zero-order valence-electron chi connectivity index (χ0n) is 8.31. The van der Waals surface area contributed by atoms with Crippen LogP contribution < -0.4 is 5.32 Å². The van der Waals surface area contributed by atoms with Gasteiger partial charge in [0.1, 0.15) is 0 Å². The zero-order valence-corrected chi connectivity index (χ0v) is 9.13. The number of para-hydroxylation sites is 1. The predicted molar refractivity (Wildman–Crippen MR) is 63.4 cm³/mol. The van der Waals surface area contributed by atoms with Crippen LogP contribution in [0.1, 0.15) is 10.4 Å². The van der Waals surface area contributed by atoms with Crippen LogP contribution in [0.15, 0.2) is 36.0 Å². The molecule has 1 aromatic carbocycles. The Balaban J connectivity index is 1.74. The molecule has 2 nitrogen and oxygen atoms in total. The van der Waals surface area contributed by atoms with Crippen molar-refractivity contribution >= 4 is 17.0 Å². The Morgan fingerprint density at radius 2 is 2.33 bits per heavy atom. The Hall–Kier alpha value is -1.35. The summed E-state index contributed by atoms with van der Waals surface area (Å²) in [6, 6.07) is 9.09. The van der Waals surface area contributed by atoms with Crippen molar-refractivity contribution in [2.45, 2.75) is 18.9 Å². The first-order valence-corrected chi connectivity index (χ1v) is 6.01. The van der Waals surface area contributed by atoms with Gasteiger partial charge in [-0.3, -0.25) is 4.98 Å². The highest BCUT2D eigenvalue weighted by atomic mass is 32.1. The van der Waals surface area contributed by atoms with Gasteiger partial charge in [-0.15, -0.1) is 11.3 Å². The van der Waals surface area contributed by atoms with E-state index in [1.807, 2.05) is 11.7 Å². The first-order valence-electron chi connectivity index (χ1n) is 5.13. The van der Waals surface area contributed by atoms with Crippen LogP contribution in [0.2, 0.25) is 0 Å². The quantitative estimate of drug-likeness (QED) is 0.835. The van der Waals surface area contributed by atoms with E-state index in [-0.39, 0.29) is 0 Å². The molecule has 0 bridgehead atoms. The molecule has 0 saturated heterocycles. The molecule has 0 radical (unpaired) electrons. The Bertz CT molecular complexity index is 423. The van der Waals surface area contributed by atoms with E-state index in [0.717, 1.165) is 12.8 Å². The van der Waals surface area contributed by atoms with Gasteiger partial charge in [0, 0.05) is 29.2 Å². The molecule has 0 aliphatic carbocycles. The highest BCUT2D eigenvalue weighted by Crippen LogP contribution is 2.27. The number of nitrogens with zero attached hydrogens (tertiary/aromatic N) is 1. The number of hydrogen-bond acceptors (Lipinski definition) is 3. The number of nitrogens with one attached hydrogen (secondary N) is 1. The Kier molecular flexibility index (Phi) is 2.18. The summed E-state index contributed by atoms with van der Waals surface area (Å²) >= 11 is 1.74. The fourth-order valence-corrected chi connectivity index (χ4v) is 2.76. The van der Waals surface area contributed by atoms with Crippen LogP contribution in [0, 0.1) is 0 Å². The van der Waals surface area contributed by atoms with Crippen molar-refractivity contribution in [3.63, 3.8) is 0 Å². The molecular weight excluding hydrogens is 204 g/mol. The standard InChI is InChI=1S/C12H12N2S/c1-2-4-12-9(3-1)5-10(14-12)6-11-7-13-8-15-11/h1-4,7-8,10,14H,5-6H2. The minimum absolute atomic E-state index is 0.544. The third kappa shape index (κ3) is 1.75. The normalized spacial score (nSPS) is 18.5. The van der Waals surface area contributed by atoms with Crippen LogP contribution in [-0.2, 0) is 12.8 Å². The van der Waals surface area contributed by atoms with E-state index in [4.69, 9.17) is 0 Å². The second kappa shape index (κ2) is 3.66. The Labute approximate surface area is 93.0 Å². The average molecular weight is 216 g/mol. The lowest BCUT2D eigenvalue weighted by molar-refractivity contribution is 0.753. The van der Waals surface area contributed by atoms with Gasteiger partial charge in [-0.25, -0.2) is 0 Å². The summed E-state index contributed by atoms with van der Waals surface area (Å²) in [5, 5.41) is 3.55. The van der Waals surface area contributed by atoms with E-state index in [9.17, 15) is 0 Å². The van der Waals surface area contributed by atoms with Crippen molar-refractivity contribution in [3.8, 4) is 0 Å². The maximum Gasteiger partial charge on any atom is 0.0794 e. The van der Waals surface area contributed by atoms with Gasteiger partial charge >= 0.3 is 0 Å². The third-order valence-electron chi connectivity index (χ3n) is 2.77. The van der Waals surface area contributed by atoms with Gasteiger partial charge < -0.3 is 5.32 Å². The summed E-state index contributed by atoms with van der Waals surface area (Å²) in [4.78, 5) is 5.47. The molecular formula is C12H12N2S. The first kappa shape index (κ1) is 8.92. The van der Waals surface area contributed by atoms with E-state index in [0.29, 0.717) is 6.04 Å². The maximum absolute atomic E-state index is 4.10. The monoisotopic (exact) mass is 216 g/mol. The molecule has 1 N–H and O–H groups in total. The number of benzene rings is 1. The molecule has 15 heavy (non-hydrogen) atoms. The second-order valence-corrected chi connectivity index (χ2v) is 4.85. The maximum atomic E-state index is 4.10. The lowest BCUT2D eigenvalue weighted by Crippen LogP contribution is -2.17. The third-order valence-corrected chi connectivity index (χ3v) is 3.58. The summed E-state index contributed by atoms with van der Waals surface area (Å²) in [5.74, 6) is 0.